The molecule has 0 radical (unpaired) electrons. The molecule has 1 atom stereocenters. The summed E-state index contributed by atoms with van der Waals surface area (Å²) >= 11 is 0. The average Bonchev–Trinajstić information content (AvgIpc) is 3.10. The third-order valence-electron chi connectivity index (χ3n) is 4.94. The molecule has 1 aromatic heterocycles. The number of fused-ring (bicyclic) bond motifs is 2. The fourth-order valence-corrected chi connectivity index (χ4v) is 3.90. The van der Waals surface area contributed by atoms with Crippen molar-refractivity contribution in [2.24, 2.45) is 0 Å². The van der Waals surface area contributed by atoms with Crippen LogP contribution >= 0.6 is 0 Å². The van der Waals surface area contributed by atoms with E-state index in [0.29, 0.717) is 5.92 Å². The molecule has 0 spiro atoms. The molecule has 0 amide bonds. The molecule has 2 aromatic rings. The van der Waals surface area contributed by atoms with Gasteiger partial charge in [0.15, 0.2) is 0 Å². The number of hydrogen-bond acceptors (Lipinski definition) is 3. The molecule has 23 heavy (non-hydrogen) atoms. The Bertz CT molecular complexity index is 704. The number of benzene rings is 1. The van der Waals surface area contributed by atoms with Gasteiger partial charge in [0.2, 0.25) is 0 Å². The second-order valence-corrected chi connectivity index (χ2v) is 7.39. The summed E-state index contributed by atoms with van der Waals surface area (Å²) in [5.41, 5.74) is 2.53. The summed E-state index contributed by atoms with van der Waals surface area (Å²) in [7, 11) is 0. The standard InChI is InChI=1S/C19H25N3O/c1-19(2)11-14-5-3-6-15(17(14)23-19)12-20-13-16-7-4-9-22-10-8-21-18(16)22/h3,5-6,8,10,16,20H,4,7,9,11-13H2,1-2H3/t16-/m0/s1. The molecule has 1 N–H and O–H groups in total. The van der Waals surface area contributed by atoms with Gasteiger partial charge in [-0.2, -0.15) is 0 Å². The first-order chi connectivity index (χ1) is 11.1. The zero-order valence-corrected chi connectivity index (χ0v) is 14.0. The highest BCUT2D eigenvalue weighted by Gasteiger charge is 2.31. The number of hydrogen-bond donors (Lipinski definition) is 1. The molecular weight excluding hydrogens is 286 g/mol. The third kappa shape index (κ3) is 2.88. The van der Waals surface area contributed by atoms with Crippen LogP contribution in [0.15, 0.2) is 30.6 Å². The summed E-state index contributed by atoms with van der Waals surface area (Å²) in [4.78, 5) is 4.54. The highest BCUT2D eigenvalue weighted by atomic mass is 16.5. The molecule has 4 nitrogen and oxygen atoms in total. The number of nitrogens with one attached hydrogen (secondary N) is 1. The van der Waals surface area contributed by atoms with Gasteiger partial charge in [-0.25, -0.2) is 4.98 Å². The van der Waals surface area contributed by atoms with Crippen molar-refractivity contribution in [2.75, 3.05) is 6.54 Å². The Labute approximate surface area is 137 Å². The maximum Gasteiger partial charge on any atom is 0.127 e. The fraction of sp³-hybridized carbons (Fsp3) is 0.526. The van der Waals surface area contributed by atoms with Gasteiger partial charge < -0.3 is 14.6 Å². The molecule has 3 heterocycles. The lowest BCUT2D eigenvalue weighted by molar-refractivity contribution is 0.137. The molecule has 4 rings (SSSR count). The maximum atomic E-state index is 6.16. The SMILES string of the molecule is CC1(C)Cc2cccc(CNC[C@@H]3CCCn4ccnc43)c2O1. The predicted molar refractivity (Wildman–Crippen MR) is 90.8 cm³/mol. The number of para-hydroxylation sites is 1. The van der Waals surface area contributed by atoms with Crippen molar-refractivity contribution in [3.05, 3.63) is 47.5 Å². The lowest BCUT2D eigenvalue weighted by Crippen LogP contribution is -2.27. The Balaban J connectivity index is 1.41. The Hall–Kier alpha value is -1.81. The first-order valence-corrected chi connectivity index (χ1v) is 8.64. The average molecular weight is 311 g/mol. The zero-order valence-electron chi connectivity index (χ0n) is 14.0. The molecule has 0 saturated carbocycles. The van der Waals surface area contributed by atoms with Crippen LogP contribution in [0.25, 0.3) is 0 Å². The van der Waals surface area contributed by atoms with Gasteiger partial charge in [0.05, 0.1) is 0 Å². The van der Waals surface area contributed by atoms with Crippen LogP contribution in [0.5, 0.6) is 5.75 Å². The first kappa shape index (κ1) is 14.8. The van der Waals surface area contributed by atoms with Gasteiger partial charge in [-0.3, -0.25) is 0 Å². The van der Waals surface area contributed by atoms with E-state index >= 15 is 0 Å². The van der Waals surface area contributed by atoms with Crippen molar-refractivity contribution in [2.45, 2.75) is 57.7 Å². The lowest BCUT2D eigenvalue weighted by Gasteiger charge is -2.24. The van der Waals surface area contributed by atoms with Crippen LogP contribution in [0.4, 0.5) is 0 Å². The Morgan fingerprint density at radius 2 is 2.30 bits per heavy atom. The summed E-state index contributed by atoms with van der Waals surface area (Å²) in [5, 5.41) is 3.63. The molecule has 2 aliphatic rings. The summed E-state index contributed by atoms with van der Waals surface area (Å²) in [5.74, 6) is 2.85. The molecular formula is C19H25N3O. The topological polar surface area (TPSA) is 39.1 Å². The van der Waals surface area contributed by atoms with Crippen LogP contribution in [0.3, 0.4) is 0 Å². The van der Waals surface area contributed by atoms with Crippen molar-refractivity contribution in [3.8, 4) is 5.75 Å². The Morgan fingerprint density at radius 1 is 1.39 bits per heavy atom. The predicted octanol–water partition coefficient (Wildman–Crippen LogP) is 3.26. The number of rotatable bonds is 4. The second kappa shape index (κ2) is 5.68. The maximum absolute atomic E-state index is 6.16. The molecule has 0 fully saturated rings. The van der Waals surface area contributed by atoms with Gasteiger partial charge in [-0.05, 0) is 32.3 Å². The highest BCUT2D eigenvalue weighted by Crippen LogP contribution is 2.37. The fourth-order valence-electron chi connectivity index (χ4n) is 3.90. The quantitative estimate of drug-likeness (QED) is 0.942. The van der Waals surface area contributed by atoms with Gasteiger partial charge >= 0.3 is 0 Å². The normalized spacial score (nSPS) is 21.6. The van der Waals surface area contributed by atoms with E-state index in [1.165, 1.54) is 29.8 Å². The van der Waals surface area contributed by atoms with Gasteiger partial charge in [0.1, 0.15) is 17.2 Å². The summed E-state index contributed by atoms with van der Waals surface area (Å²) in [6.45, 7) is 7.26. The van der Waals surface area contributed by atoms with Gasteiger partial charge in [0.25, 0.3) is 0 Å². The van der Waals surface area contributed by atoms with Crippen molar-refractivity contribution in [3.63, 3.8) is 0 Å². The monoisotopic (exact) mass is 311 g/mol. The van der Waals surface area contributed by atoms with E-state index in [2.05, 4.69) is 53.1 Å². The number of aromatic nitrogens is 2. The zero-order chi connectivity index (χ0) is 15.9. The Morgan fingerprint density at radius 3 is 3.22 bits per heavy atom. The van der Waals surface area contributed by atoms with E-state index in [4.69, 9.17) is 4.74 Å². The van der Waals surface area contributed by atoms with Crippen LogP contribution in [0, 0.1) is 0 Å². The number of aryl methyl sites for hydroxylation is 1. The summed E-state index contributed by atoms with van der Waals surface area (Å²) in [6, 6.07) is 6.51. The van der Waals surface area contributed by atoms with E-state index in [1.54, 1.807) is 0 Å². The van der Waals surface area contributed by atoms with Crippen LogP contribution in [0.2, 0.25) is 0 Å². The van der Waals surface area contributed by atoms with E-state index in [0.717, 1.165) is 31.8 Å². The minimum atomic E-state index is -0.0768. The molecule has 2 aliphatic heterocycles. The number of imidazole rings is 1. The van der Waals surface area contributed by atoms with E-state index in [1.807, 2.05) is 6.20 Å². The van der Waals surface area contributed by atoms with Crippen LogP contribution < -0.4 is 10.1 Å². The molecule has 122 valence electrons. The first-order valence-electron chi connectivity index (χ1n) is 8.64. The minimum Gasteiger partial charge on any atom is -0.487 e. The van der Waals surface area contributed by atoms with Crippen molar-refractivity contribution < 1.29 is 4.74 Å². The number of nitrogens with zero attached hydrogens (tertiary/aromatic N) is 2. The molecule has 0 unspecified atom stereocenters. The van der Waals surface area contributed by atoms with Gasteiger partial charge in [0, 0.05) is 49.9 Å². The van der Waals surface area contributed by atoms with Crippen molar-refractivity contribution in [1.29, 1.82) is 0 Å². The smallest absolute Gasteiger partial charge is 0.127 e. The van der Waals surface area contributed by atoms with Crippen LogP contribution in [-0.2, 0) is 19.5 Å². The lowest BCUT2D eigenvalue weighted by atomic mass is 9.98. The molecule has 1 aromatic carbocycles. The minimum absolute atomic E-state index is 0.0768. The highest BCUT2D eigenvalue weighted by molar-refractivity contribution is 5.45. The van der Waals surface area contributed by atoms with Crippen LogP contribution in [0.1, 0.15) is 49.6 Å². The van der Waals surface area contributed by atoms with Crippen LogP contribution in [-0.4, -0.2) is 21.7 Å². The molecule has 0 aliphatic carbocycles. The summed E-state index contributed by atoms with van der Waals surface area (Å²) < 4.78 is 8.45. The van der Waals surface area contributed by atoms with E-state index in [-0.39, 0.29) is 5.60 Å². The third-order valence-corrected chi connectivity index (χ3v) is 4.94. The second-order valence-electron chi connectivity index (χ2n) is 7.39. The van der Waals surface area contributed by atoms with Crippen molar-refractivity contribution in [1.82, 2.24) is 14.9 Å². The van der Waals surface area contributed by atoms with Gasteiger partial charge in [-0.15, -0.1) is 0 Å². The van der Waals surface area contributed by atoms with E-state index < -0.39 is 0 Å². The summed E-state index contributed by atoms with van der Waals surface area (Å²) in [6.07, 6.45) is 7.49. The van der Waals surface area contributed by atoms with Gasteiger partial charge in [-0.1, -0.05) is 18.2 Å². The Kier molecular flexibility index (Phi) is 3.64. The largest absolute Gasteiger partial charge is 0.487 e. The molecule has 0 saturated heterocycles. The van der Waals surface area contributed by atoms with Crippen molar-refractivity contribution >= 4 is 0 Å². The molecule has 4 heteroatoms. The molecule has 0 bridgehead atoms. The number of ether oxygens (including phenoxy) is 1. The van der Waals surface area contributed by atoms with E-state index in [9.17, 15) is 0 Å².